The van der Waals surface area contributed by atoms with Crippen molar-refractivity contribution in [3.05, 3.63) is 59.7 Å². The van der Waals surface area contributed by atoms with Crippen LogP contribution < -0.4 is 14.8 Å². The summed E-state index contributed by atoms with van der Waals surface area (Å²) in [5, 5.41) is 3.32. The molecule has 0 saturated heterocycles. The lowest BCUT2D eigenvalue weighted by Gasteiger charge is -2.11. The lowest BCUT2D eigenvalue weighted by molar-refractivity contribution is 0.104. The largest absolute Gasteiger partial charge is 0.497 e. The van der Waals surface area contributed by atoms with Crippen molar-refractivity contribution in [3.8, 4) is 11.5 Å². The summed E-state index contributed by atoms with van der Waals surface area (Å²) in [5.41, 5.74) is 2.40. The van der Waals surface area contributed by atoms with Gasteiger partial charge in [0.25, 0.3) is 0 Å². The van der Waals surface area contributed by atoms with Gasteiger partial charge in [0.15, 0.2) is 5.78 Å². The van der Waals surface area contributed by atoms with Crippen LogP contribution in [0.1, 0.15) is 15.9 Å². The minimum Gasteiger partial charge on any atom is -0.497 e. The molecule has 0 unspecified atom stereocenters. The van der Waals surface area contributed by atoms with Crippen molar-refractivity contribution in [2.75, 3.05) is 46.7 Å². The summed E-state index contributed by atoms with van der Waals surface area (Å²) in [6, 6.07) is 13.0. The van der Waals surface area contributed by atoms with Crippen LogP contribution in [0.15, 0.2) is 48.5 Å². The Morgan fingerprint density at radius 2 is 1.92 bits per heavy atom. The van der Waals surface area contributed by atoms with Gasteiger partial charge in [-0.3, -0.25) is 4.79 Å². The van der Waals surface area contributed by atoms with Gasteiger partial charge in [-0.2, -0.15) is 0 Å². The Kier molecular flexibility index (Phi) is 7.24. The number of carbonyl (C=O) groups is 1. The predicted octanol–water partition coefficient (Wildman–Crippen LogP) is 3.57. The fourth-order valence-corrected chi connectivity index (χ4v) is 2.42. The maximum atomic E-state index is 12.5. The van der Waals surface area contributed by atoms with Gasteiger partial charge in [-0.05, 0) is 50.5 Å². The van der Waals surface area contributed by atoms with E-state index in [9.17, 15) is 4.79 Å². The Morgan fingerprint density at radius 3 is 2.62 bits per heavy atom. The molecule has 2 rings (SSSR count). The monoisotopic (exact) mass is 354 g/mol. The summed E-state index contributed by atoms with van der Waals surface area (Å²) in [7, 11) is 7.25. The molecule has 0 spiro atoms. The van der Waals surface area contributed by atoms with Crippen molar-refractivity contribution in [2.24, 2.45) is 0 Å². The molecule has 0 saturated carbocycles. The van der Waals surface area contributed by atoms with Gasteiger partial charge in [-0.1, -0.05) is 12.1 Å². The summed E-state index contributed by atoms with van der Waals surface area (Å²) in [6.45, 7) is 1.75. The number of ketones is 1. The number of ether oxygens (including phenoxy) is 2. The zero-order valence-electron chi connectivity index (χ0n) is 15.8. The highest BCUT2D eigenvalue weighted by Crippen LogP contribution is 2.25. The van der Waals surface area contributed by atoms with E-state index in [0.717, 1.165) is 24.3 Å². The summed E-state index contributed by atoms with van der Waals surface area (Å²) in [6.07, 6.45) is 3.32. The second-order valence-electron chi connectivity index (χ2n) is 6.12. The second kappa shape index (κ2) is 9.63. The van der Waals surface area contributed by atoms with Crippen LogP contribution in [0.3, 0.4) is 0 Å². The summed E-state index contributed by atoms with van der Waals surface area (Å²) < 4.78 is 10.5. The average molecular weight is 354 g/mol. The first-order valence-electron chi connectivity index (χ1n) is 8.46. The molecule has 0 fully saturated rings. The molecule has 5 heteroatoms. The normalized spacial score (nSPS) is 11.0. The van der Waals surface area contributed by atoms with Gasteiger partial charge in [0.05, 0.1) is 14.2 Å². The van der Waals surface area contributed by atoms with Gasteiger partial charge >= 0.3 is 0 Å². The number of hydrogen-bond acceptors (Lipinski definition) is 5. The van der Waals surface area contributed by atoms with Crippen molar-refractivity contribution in [2.45, 2.75) is 0 Å². The number of rotatable bonds is 9. The third-order valence-electron chi connectivity index (χ3n) is 3.89. The summed E-state index contributed by atoms with van der Waals surface area (Å²) in [5.74, 6) is 1.31. The van der Waals surface area contributed by atoms with Crippen molar-refractivity contribution in [1.82, 2.24) is 4.90 Å². The van der Waals surface area contributed by atoms with Crippen molar-refractivity contribution in [3.63, 3.8) is 0 Å². The van der Waals surface area contributed by atoms with E-state index in [2.05, 4.69) is 10.2 Å². The minimum atomic E-state index is -0.0564. The highest BCUT2D eigenvalue weighted by Gasteiger charge is 2.06. The number of nitrogens with one attached hydrogen (secondary N) is 1. The maximum Gasteiger partial charge on any atom is 0.185 e. The van der Waals surface area contributed by atoms with Crippen molar-refractivity contribution in [1.29, 1.82) is 0 Å². The van der Waals surface area contributed by atoms with Gasteiger partial charge in [0.2, 0.25) is 0 Å². The number of likely N-dealkylation sites (N-methyl/N-ethyl adjacent to an activating group) is 1. The first-order chi connectivity index (χ1) is 12.5. The lowest BCUT2D eigenvalue weighted by atomic mass is 10.1. The number of carbonyl (C=O) groups excluding carboxylic acids is 1. The summed E-state index contributed by atoms with van der Waals surface area (Å²) in [4.78, 5) is 14.6. The van der Waals surface area contributed by atoms with E-state index in [1.807, 2.05) is 50.5 Å². The van der Waals surface area contributed by atoms with Crippen LogP contribution in [0.5, 0.6) is 11.5 Å². The molecule has 1 N–H and O–H groups in total. The third kappa shape index (κ3) is 5.63. The molecular formula is C21H26N2O3. The van der Waals surface area contributed by atoms with Crippen LogP contribution in [-0.4, -0.2) is 52.1 Å². The fraction of sp³-hybridized carbons (Fsp3) is 0.286. The second-order valence-corrected chi connectivity index (χ2v) is 6.12. The molecule has 26 heavy (non-hydrogen) atoms. The highest BCUT2D eigenvalue weighted by molar-refractivity contribution is 6.07. The van der Waals surface area contributed by atoms with Gasteiger partial charge in [0.1, 0.15) is 11.5 Å². The molecule has 2 aromatic rings. The molecular weight excluding hydrogens is 328 g/mol. The maximum absolute atomic E-state index is 12.5. The molecule has 0 aliphatic rings. The van der Waals surface area contributed by atoms with Crippen LogP contribution in [0, 0.1) is 0 Å². The Labute approximate surface area is 155 Å². The number of anilines is 1. The van der Waals surface area contributed by atoms with Crippen LogP contribution in [-0.2, 0) is 0 Å². The Hall–Kier alpha value is -2.79. The number of nitrogens with zero attached hydrogens (tertiary/aromatic N) is 1. The van der Waals surface area contributed by atoms with Gasteiger partial charge in [-0.15, -0.1) is 0 Å². The third-order valence-corrected chi connectivity index (χ3v) is 3.89. The van der Waals surface area contributed by atoms with E-state index >= 15 is 0 Å². The molecule has 0 aromatic heterocycles. The number of allylic oxidation sites excluding steroid dienone is 1. The van der Waals surface area contributed by atoms with E-state index in [-0.39, 0.29) is 5.78 Å². The fourth-order valence-electron chi connectivity index (χ4n) is 2.42. The van der Waals surface area contributed by atoms with Crippen LogP contribution in [0.25, 0.3) is 6.08 Å². The van der Waals surface area contributed by atoms with Gasteiger partial charge < -0.3 is 19.7 Å². The lowest BCUT2D eigenvalue weighted by Crippen LogP contribution is -2.20. The first kappa shape index (κ1) is 19.5. The van der Waals surface area contributed by atoms with E-state index in [1.54, 1.807) is 32.4 Å². The Bertz CT molecular complexity index is 770. The van der Waals surface area contributed by atoms with E-state index in [4.69, 9.17) is 9.47 Å². The van der Waals surface area contributed by atoms with Crippen molar-refractivity contribution < 1.29 is 14.3 Å². The van der Waals surface area contributed by atoms with E-state index in [1.165, 1.54) is 0 Å². The number of benzene rings is 2. The molecule has 0 aliphatic carbocycles. The number of hydrogen-bond donors (Lipinski definition) is 1. The average Bonchev–Trinajstić information content (AvgIpc) is 2.65. The van der Waals surface area contributed by atoms with Gasteiger partial charge in [-0.25, -0.2) is 0 Å². The van der Waals surface area contributed by atoms with Crippen LogP contribution in [0.4, 0.5) is 5.69 Å². The Balaban J connectivity index is 2.08. The number of methoxy groups -OCH3 is 2. The molecule has 0 atom stereocenters. The zero-order valence-corrected chi connectivity index (χ0v) is 15.8. The molecule has 0 heterocycles. The Morgan fingerprint density at radius 1 is 1.12 bits per heavy atom. The quantitative estimate of drug-likeness (QED) is 0.551. The predicted molar refractivity (Wildman–Crippen MR) is 106 cm³/mol. The molecule has 2 aromatic carbocycles. The van der Waals surface area contributed by atoms with Gasteiger partial charge in [0, 0.05) is 36.0 Å². The topological polar surface area (TPSA) is 50.8 Å². The molecule has 138 valence electrons. The smallest absolute Gasteiger partial charge is 0.185 e. The molecule has 0 amide bonds. The molecule has 5 nitrogen and oxygen atoms in total. The molecule has 0 radical (unpaired) electrons. The SMILES string of the molecule is COc1ccc(C=CC(=O)c2cccc(NCCN(C)C)c2)c(OC)c1. The highest BCUT2D eigenvalue weighted by atomic mass is 16.5. The van der Waals surface area contributed by atoms with E-state index < -0.39 is 0 Å². The standard InChI is InChI=1S/C21H26N2O3/c1-23(2)13-12-22-18-7-5-6-17(14-18)20(24)11-9-16-8-10-19(25-3)15-21(16)26-4/h5-11,14-15,22H,12-13H2,1-4H3. The zero-order chi connectivity index (χ0) is 18.9. The van der Waals surface area contributed by atoms with Crippen molar-refractivity contribution >= 4 is 17.5 Å². The minimum absolute atomic E-state index is 0.0564. The first-order valence-corrected chi connectivity index (χ1v) is 8.46. The van der Waals surface area contributed by atoms with Crippen LogP contribution in [0.2, 0.25) is 0 Å². The molecule has 0 aliphatic heterocycles. The van der Waals surface area contributed by atoms with E-state index in [0.29, 0.717) is 17.1 Å². The molecule has 0 bridgehead atoms. The summed E-state index contributed by atoms with van der Waals surface area (Å²) >= 11 is 0. The van der Waals surface area contributed by atoms with Crippen LogP contribution >= 0.6 is 0 Å².